The second kappa shape index (κ2) is 7.44. The molecule has 0 aliphatic carbocycles. The topological polar surface area (TPSA) is 103 Å². The predicted octanol–water partition coefficient (Wildman–Crippen LogP) is 1.23. The van der Waals surface area contributed by atoms with Crippen LogP contribution in [0.15, 0.2) is 35.5 Å². The highest BCUT2D eigenvalue weighted by molar-refractivity contribution is 7.89. The zero-order valence-electron chi connectivity index (χ0n) is 15.5. The first-order chi connectivity index (χ1) is 13.4. The molecule has 150 valence electrons. The number of ether oxygens (including phenoxy) is 2. The Balaban J connectivity index is 1.45. The summed E-state index contributed by atoms with van der Waals surface area (Å²) in [5.74, 6) is 0.611. The highest BCUT2D eigenvalue weighted by Gasteiger charge is 2.34. The second-order valence-electron chi connectivity index (χ2n) is 6.90. The van der Waals surface area contributed by atoms with Crippen molar-refractivity contribution < 1.29 is 22.7 Å². The van der Waals surface area contributed by atoms with Crippen LogP contribution in [0.4, 0.5) is 5.69 Å². The van der Waals surface area contributed by atoms with Gasteiger partial charge in [0.2, 0.25) is 15.9 Å². The number of nitrogens with zero attached hydrogens (tertiary/aromatic N) is 3. The third-order valence-electron chi connectivity index (χ3n) is 4.88. The summed E-state index contributed by atoms with van der Waals surface area (Å²) in [5.41, 5.74) is 0.599. The lowest BCUT2D eigenvalue weighted by Crippen LogP contribution is -2.43. The standard InChI is InChI=1S/C18H22N4O5S/c1-21-12-15(10-19-21)28(24,25)22-6-2-3-13(11-22)18(23)20-14-4-5-16-17(9-14)27-8-7-26-16/h4-5,9-10,12-13H,2-3,6-8,11H2,1H3,(H,20,23). The molecule has 1 N–H and O–H groups in total. The number of anilines is 1. The van der Waals surface area contributed by atoms with Gasteiger partial charge in [-0.1, -0.05) is 0 Å². The average molecular weight is 406 g/mol. The Kier molecular flexibility index (Phi) is 4.98. The second-order valence-corrected chi connectivity index (χ2v) is 8.84. The largest absolute Gasteiger partial charge is 0.486 e. The van der Waals surface area contributed by atoms with Gasteiger partial charge in [-0.15, -0.1) is 0 Å². The Morgan fingerprint density at radius 2 is 2.04 bits per heavy atom. The first kappa shape index (κ1) is 18.8. The number of aryl methyl sites for hydroxylation is 1. The zero-order chi connectivity index (χ0) is 19.7. The van der Waals surface area contributed by atoms with Crippen molar-refractivity contribution in [1.29, 1.82) is 0 Å². The SMILES string of the molecule is Cn1cc(S(=O)(=O)N2CCCC(C(=O)Nc3ccc4c(c3)OCCO4)C2)cn1. The minimum absolute atomic E-state index is 0.142. The molecular weight excluding hydrogens is 384 g/mol. The fourth-order valence-electron chi connectivity index (χ4n) is 3.42. The number of carbonyl (C=O) groups excluding carboxylic acids is 1. The van der Waals surface area contributed by atoms with E-state index in [4.69, 9.17) is 9.47 Å². The van der Waals surface area contributed by atoms with Crippen LogP contribution in [0.3, 0.4) is 0 Å². The Bertz CT molecular complexity index is 988. The van der Waals surface area contributed by atoms with Crippen molar-refractivity contribution in [2.75, 3.05) is 31.6 Å². The van der Waals surface area contributed by atoms with Crippen molar-refractivity contribution in [2.45, 2.75) is 17.7 Å². The molecule has 0 bridgehead atoms. The fourth-order valence-corrected chi connectivity index (χ4v) is 4.93. The van der Waals surface area contributed by atoms with Crippen LogP contribution in [0.1, 0.15) is 12.8 Å². The van der Waals surface area contributed by atoms with Gasteiger partial charge in [-0.2, -0.15) is 9.40 Å². The van der Waals surface area contributed by atoms with Crippen LogP contribution in [-0.4, -0.2) is 54.7 Å². The number of nitrogens with one attached hydrogen (secondary N) is 1. The van der Waals surface area contributed by atoms with Gasteiger partial charge in [0.1, 0.15) is 18.1 Å². The molecule has 9 nitrogen and oxygen atoms in total. The van der Waals surface area contributed by atoms with Gasteiger partial charge in [-0.05, 0) is 25.0 Å². The van der Waals surface area contributed by atoms with Crippen molar-refractivity contribution in [3.63, 3.8) is 0 Å². The maximum atomic E-state index is 12.8. The molecule has 2 aromatic rings. The molecule has 10 heteroatoms. The number of piperidine rings is 1. The average Bonchev–Trinajstić information content (AvgIpc) is 3.15. The van der Waals surface area contributed by atoms with Crippen LogP contribution in [0.2, 0.25) is 0 Å². The molecule has 0 saturated carbocycles. The van der Waals surface area contributed by atoms with Gasteiger partial charge < -0.3 is 14.8 Å². The van der Waals surface area contributed by atoms with Gasteiger partial charge >= 0.3 is 0 Å². The summed E-state index contributed by atoms with van der Waals surface area (Å²) in [6.45, 7) is 1.51. The van der Waals surface area contributed by atoms with Gasteiger partial charge in [0.25, 0.3) is 0 Å². The summed E-state index contributed by atoms with van der Waals surface area (Å²) in [4.78, 5) is 12.9. The molecule has 1 saturated heterocycles. The molecule has 1 atom stereocenters. The van der Waals surface area contributed by atoms with Gasteiger partial charge in [0.15, 0.2) is 11.5 Å². The summed E-state index contributed by atoms with van der Waals surface area (Å²) in [5, 5.41) is 6.80. The normalized spacial score (nSPS) is 20.0. The Morgan fingerprint density at radius 3 is 2.79 bits per heavy atom. The van der Waals surface area contributed by atoms with E-state index in [9.17, 15) is 13.2 Å². The number of sulfonamides is 1. The van der Waals surface area contributed by atoms with E-state index in [1.165, 1.54) is 21.4 Å². The molecule has 1 unspecified atom stereocenters. The van der Waals surface area contributed by atoms with Crippen molar-refractivity contribution in [2.24, 2.45) is 13.0 Å². The van der Waals surface area contributed by atoms with Crippen LogP contribution < -0.4 is 14.8 Å². The lowest BCUT2D eigenvalue weighted by Gasteiger charge is -2.30. The van der Waals surface area contributed by atoms with E-state index < -0.39 is 15.9 Å². The van der Waals surface area contributed by atoms with E-state index in [2.05, 4.69) is 10.4 Å². The number of rotatable bonds is 4. The van der Waals surface area contributed by atoms with Crippen molar-refractivity contribution in [3.8, 4) is 11.5 Å². The Hall–Kier alpha value is -2.59. The molecule has 3 heterocycles. The first-order valence-electron chi connectivity index (χ1n) is 9.13. The third kappa shape index (κ3) is 3.69. The number of fused-ring (bicyclic) bond motifs is 1. The van der Waals surface area contributed by atoms with Gasteiger partial charge in [0.05, 0.1) is 12.1 Å². The van der Waals surface area contributed by atoms with Crippen LogP contribution in [0, 0.1) is 5.92 Å². The number of carbonyl (C=O) groups is 1. The van der Waals surface area contributed by atoms with Crippen molar-refractivity contribution >= 4 is 21.6 Å². The summed E-state index contributed by atoms with van der Waals surface area (Å²) >= 11 is 0. The maximum absolute atomic E-state index is 12.8. The maximum Gasteiger partial charge on any atom is 0.246 e. The Labute approximate surface area is 163 Å². The lowest BCUT2D eigenvalue weighted by molar-refractivity contribution is -0.120. The van der Waals surface area contributed by atoms with Crippen molar-refractivity contribution in [1.82, 2.24) is 14.1 Å². The predicted molar refractivity (Wildman–Crippen MR) is 101 cm³/mol. The zero-order valence-corrected chi connectivity index (χ0v) is 16.3. The highest BCUT2D eigenvalue weighted by atomic mass is 32.2. The van der Waals surface area contributed by atoms with Crippen molar-refractivity contribution in [3.05, 3.63) is 30.6 Å². The summed E-state index contributed by atoms with van der Waals surface area (Å²) in [6.07, 6.45) is 4.05. The molecular formula is C18H22N4O5S. The number of hydrogen-bond donors (Lipinski definition) is 1. The van der Waals surface area contributed by atoms with Crippen LogP contribution in [0.5, 0.6) is 11.5 Å². The van der Waals surface area contributed by atoms with Gasteiger partial charge in [0, 0.05) is 38.1 Å². The number of hydrogen-bond acceptors (Lipinski definition) is 6. The molecule has 4 rings (SSSR count). The number of aromatic nitrogens is 2. The van der Waals surface area contributed by atoms with E-state index in [0.29, 0.717) is 49.8 Å². The first-order valence-corrected chi connectivity index (χ1v) is 10.6. The van der Waals surface area contributed by atoms with E-state index in [1.54, 1.807) is 25.2 Å². The summed E-state index contributed by atoms with van der Waals surface area (Å²) in [6, 6.07) is 5.22. The Morgan fingerprint density at radius 1 is 1.25 bits per heavy atom. The van der Waals surface area contributed by atoms with Gasteiger partial charge in [-0.25, -0.2) is 8.42 Å². The van der Waals surface area contributed by atoms with E-state index in [0.717, 1.165) is 0 Å². The molecule has 2 aliphatic rings. The minimum atomic E-state index is -3.66. The molecule has 0 radical (unpaired) electrons. The molecule has 2 aliphatic heterocycles. The monoisotopic (exact) mass is 406 g/mol. The lowest BCUT2D eigenvalue weighted by atomic mass is 9.98. The molecule has 1 aromatic heterocycles. The van der Waals surface area contributed by atoms with Crippen LogP contribution in [0.25, 0.3) is 0 Å². The molecule has 1 fully saturated rings. The molecule has 1 amide bonds. The van der Waals surface area contributed by atoms with Crippen LogP contribution in [-0.2, 0) is 21.9 Å². The summed E-state index contributed by atoms with van der Waals surface area (Å²) < 4.78 is 39.4. The number of amides is 1. The smallest absolute Gasteiger partial charge is 0.246 e. The van der Waals surface area contributed by atoms with E-state index in [-0.39, 0.29) is 17.3 Å². The van der Waals surface area contributed by atoms with E-state index >= 15 is 0 Å². The third-order valence-corrected chi connectivity index (χ3v) is 6.70. The quantitative estimate of drug-likeness (QED) is 0.819. The molecule has 0 spiro atoms. The minimum Gasteiger partial charge on any atom is -0.486 e. The van der Waals surface area contributed by atoms with Gasteiger partial charge in [-0.3, -0.25) is 9.48 Å². The van der Waals surface area contributed by atoms with E-state index in [1.807, 2.05) is 0 Å². The summed E-state index contributed by atoms with van der Waals surface area (Å²) in [7, 11) is -1.99. The number of benzene rings is 1. The highest BCUT2D eigenvalue weighted by Crippen LogP contribution is 2.33. The molecule has 1 aromatic carbocycles. The molecule has 28 heavy (non-hydrogen) atoms. The van der Waals surface area contributed by atoms with Crippen LogP contribution >= 0.6 is 0 Å². The fraction of sp³-hybridized carbons (Fsp3) is 0.444.